The minimum absolute atomic E-state index is 0.161. The molecule has 0 atom stereocenters. The number of hydrogen-bond donors (Lipinski definition) is 2. The van der Waals surface area contributed by atoms with Crippen molar-refractivity contribution < 1.29 is 9.15 Å². The molecule has 1 fully saturated rings. The summed E-state index contributed by atoms with van der Waals surface area (Å²) in [6, 6.07) is 6.30. The monoisotopic (exact) mass is 471 g/mol. The van der Waals surface area contributed by atoms with E-state index in [0.29, 0.717) is 23.4 Å². The Morgan fingerprint density at radius 2 is 1.97 bits per heavy atom. The van der Waals surface area contributed by atoms with Crippen LogP contribution in [0.3, 0.4) is 0 Å². The smallest absolute Gasteiger partial charge is 0.232 e. The van der Waals surface area contributed by atoms with Gasteiger partial charge in [-0.2, -0.15) is 15.1 Å². The molecule has 0 unspecified atom stereocenters. The second kappa shape index (κ2) is 8.41. The Kier molecular flexibility index (Phi) is 5.20. The fourth-order valence-electron chi connectivity index (χ4n) is 4.93. The normalized spacial score (nSPS) is 14.5. The second-order valence-electron chi connectivity index (χ2n) is 9.52. The van der Waals surface area contributed by atoms with Gasteiger partial charge in [-0.1, -0.05) is 6.07 Å². The molecular formula is C26H29N7O2. The third kappa shape index (κ3) is 3.90. The van der Waals surface area contributed by atoms with E-state index in [9.17, 15) is 0 Å². The van der Waals surface area contributed by atoms with Crippen molar-refractivity contribution in [3.8, 4) is 17.0 Å². The molecule has 1 aliphatic rings. The molecule has 5 aromatic rings. The molecule has 0 amide bonds. The van der Waals surface area contributed by atoms with Crippen molar-refractivity contribution >= 4 is 33.8 Å². The molecule has 1 saturated carbocycles. The van der Waals surface area contributed by atoms with Gasteiger partial charge in [0, 0.05) is 24.7 Å². The number of rotatable bonds is 6. The summed E-state index contributed by atoms with van der Waals surface area (Å²) in [5.41, 5.74) is 6.19. The van der Waals surface area contributed by atoms with Gasteiger partial charge in [-0.05, 0) is 64.2 Å². The highest BCUT2D eigenvalue weighted by Crippen LogP contribution is 2.37. The average Bonchev–Trinajstić information content (AvgIpc) is 3.60. The Bertz CT molecular complexity index is 1520. The maximum absolute atomic E-state index is 6.48. The summed E-state index contributed by atoms with van der Waals surface area (Å²) in [6.45, 7) is 8.11. The minimum atomic E-state index is 0.161. The van der Waals surface area contributed by atoms with E-state index < -0.39 is 0 Å². The largest absolute Gasteiger partial charge is 0.474 e. The van der Waals surface area contributed by atoms with E-state index in [0.717, 1.165) is 51.8 Å². The van der Waals surface area contributed by atoms with Crippen LogP contribution in [0.4, 0.5) is 11.6 Å². The van der Waals surface area contributed by atoms with E-state index in [1.165, 1.54) is 12.8 Å². The Morgan fingerprint density at radius 3 is 2.74 bits per heavy atom. The molecule has 1 aromatic carbocycles. The number of H-pyrrole nitrogens is 1. The fourth-order valence-corrected chi connectivity index (χ4v) is 4.93. The van der Waals surface area contributed by atoms with E-state index in [1.807, 2.05) is 49.1 Å². The molecular weight excluding hydrogens is 442 g/mol. The lowest BCUT2D eigenvalue weighted by Crippen LogP contribution is -2.13. The summed E-state index contributed by atoms with van der Waals surface area (Å²) < 4.78 is 14.2. The van der Waals surface area contributed by atoms with Gasteiger partial charge >= 0.3 is 0 Å². The van der Waals surface area contributed by atoms with E-state index in [2.05, 4.69) is 34.2 Å². The quantitative estimate of drug-likeness (QED) is 0.302. The highest BCUT2D eigenvalue weighted by Gasteiger charge is 2.23. The molecule has 9 heteroatoms. The first-order chi connectivity index (χ1) is 17.0. The van der Waals surface area contributed by atoms with Gasteiger partial charge < -0.3 is 19.5 Å². The van der Waals surface area contributed by atoms with Crippen molar-refractivity contribution in [1.82, 2.24) is 29.7 Å². The number of aryl methyl sites for hydroxylation is 1. The van der Waals surface area contributed by atoms with Gasteiger partial charge in [0.1, 0.15) is 17.3 Å². The summed E-state index contributed by atoms with van der Waals surface area (Å²) >= 11 is 0. The fraction of sp³-hybridized carbons (Fsp3) is 0.385. The number of nitrogens with one attached hydrogen (secondary N) is 2. The summed E-state index contributed by atoms with van der Waals surface area (Å²) in [7, 11) is 0. The van der Waals surface area contributed by atoms with Crippen molar-refractivity contribution in [1.29, 1.82) is 0 Å². The molecule has 0 bridgehead atoms. The number of fused-ring (bicyclic) bond motifs is 2. The first-order valence-electron chi connectivity index (χ1n) is 12.2. The third-order valence-electron chi connectivity index (χ3n) is 6.67. The van der Waals surface area contributed by atoms with Crippen LogP contribution in [0.15, 0.2) is 35.0 Å². The van der Waals surface area contributed by atoms with Gasteiger partial charge in [0.2, 0.25) is 11.8 Å². The lowest BCUT2D eigenvalue weighted by Gasteiger charge is -2.15. The Morgan fingerprint density at radius 1 is 1.14 bits per heavy atom. The Hall–Kier alpha value is -3.88. The van der Waals surface area contributed by atoms with Gasteiger partial charge in [-0.25, -0.2) is 4.98 Å². The van der Waals surface area contributed by atoms with Crippen LogP contribution in [0.2, 0.25) is 0 Å². The topological polar surface area (TPSA) is 107 Å². The van der Waals surface area contributed by atoms with E-state index in [-0.39, 0.29) is 12.1 Å². The minimum Gasteiger partial charge on any atom is -0.474 e. The standard InChI is InChI=1S/C26H29N7O2/c1-14(2)33-15(3)21(13-28-33)30-26-31-24-23(25(32-26)35-18-7-5-6-8-18)19(12-27-24)17-9-10-20-22(11-17)34-16(4)29-20/h9-14,18H,5-8H2,1-4H3,(H2,27,30,31,32). The van der Waals surface area contributed by atoms with Gasteiger partial charge in [-0.15, -0.1) is 0 Å². The zero-order chi connectivity index (χ0) is 24.1. The molecule has 0 saturated heterocycles. The number of aromatic nitrogens is 6. The predicted octanol–water partition coefficient (Wildman–Crippen LogP) is 6.23. The van der Waals surface area contributed by atoms with E-state index in [4.69, 9.17) is 19.1 Å². The zero-order valence-electron chi connectivity index (χ0n) is 20.4. The first kappa shape index (κ1) is 21.6. The molecule has 1 aliphatic carbocycles. The van der Waals surface area contributed by atoms with Crippen molar-refractivity contribution in [3.05, 3.63) is 42.2 Å². The van der Waals surface area contributed by atoms with Crippen molar-refractivity contribution in [2.24, 2.45) is 0 Å². The van der Waals surface area contributed by atoms with Gasteiger partial charge in [0.15, 0.2) is 11.5 Å². The number of hydrogen-bond acceptors (Lipinski definition) is 7. The van der Waals surface area contributed by atoms with Gasteiger partial charge in [0.25, 0.3) is 0 Å². The van der Waals surface area contributed by atoms with E-state index in [1.54, 1.807) is 0 Å². The summed E-state index contributed by atoms with van der Waals surface area (Å²) in [5.74, 6) is 1.71. The van der Waals surface area contributed by atoms with Crippen molar-refractivity contribution in [2.45, 2.75) is 65.5 Å². The van der Waals surface area contributed by atoms with Crippen molar-refractivity contribution in [3.63, 3.8) is 0 Å². The van der Waals surface area contributed by atoms with Crippen LogP contribution >= 0.6 is 0 Å². The number of nitrogens with zero attached hydrogens (tertiary/aromatic N) is 5. The summed E-state index contributed by atoms with van der Waals surface area (Å²) in [4.78, 5) is 17.4. The molecule has 0 aliphatic heterocycles. The number of aromatic amines is 1. The maximum Gasteiger partial charge on any atom is 0.232 e. The lowest BCUT2D eigenvalue weighted by molar-refractivity contribution is 0.204. The summed E-state index contributed by atoms with van der Waals surface area (Å²) in [6.07, 6.45) is 8.37. The molecule has 0 radical (unpaired) electrons. The van der Waals surface area contributed by atoms with Crippen LogP contribution in [0, 0.1) is 13.8 Å². The zero-order valence-corrected chi connectivity index (χ0v) is 20.4. The van der Waals surface area contributed by atoms with E-state index >= 15 is 0 Å². The maximum atomic E-state index is 6.48. The third-order valence-corrected chi connectivity index (χ3v) is 6.67. The SMILES string of the molecule is Cc1nc2ccc(-c3c[nH]c4nc(Nc5cnn(C(C)C)c5C)nc(OC5CCCC5)c34)cc2o1. The molecule has 9 nitrogen and oxygen atoms in total. The molecule has 0 spiro atoms. The number of ether oxygens (including phenoxy) is 1. The molecule has 180 valence electrons. The Labute approximate surface area is 202 Å². The highest BCUT2D eigenvalue weighted by molar-refractivity contribution is 5.99. The van der Waals surface area contributed by atoms with Crippen LogP contribution in [-0.2, 0) is 0 Å². The molecule has 4 aromatic heterocycles. The lowest BCUT2D eigenvalue weighted by atomic mass is 10.1. The average molecular weight is 472 g/mol. The molecule has 35 heavy (non-hydrogen) atoms. The second-order valence-corrected chi connectivity index (χ2v) is 9.52. The Balaban J connectivity index is 1.44. The molecule has 4 heterocycles. The van der Waals surface area contributed by atoms with Crippen LogP contribution in [0.1, 0.15) is 57.2 Å². The predicted molar refractivity (Wildman–Crippen MR) is 135 cm³/mol. The first-order valence-corrected chi connectivity index (χ1v) is 12.2. The van der Waals surface area contributed by atoms with Crippen LogP contribution < -0.4 is 10.1 Å². The van der Waals surface area contributed by atoms with Crippen LogP contribution in [-0.4, -0.2) is 35.8 Å². The highest BCUT2D eigenvalue weighted by atomic mass is 16.5. The van der Waals surface area contributed by atoms with Gasteiger partial charge in [0.05, 0.1) is 23.0 Å². The van der Waals surface area contributed by atoms with Crippen LogP contribution in [0.25, 0.3) is 33.3 Å². The van der Waals surface area contributed by atoms with Crippen molar-refractivity contribution in [2.75, 3.05) is 5.32 Å². The number of benzene rings is 1. The molecule has 2 N–H and O–H groups in total. The van der Waals surface area contributed by atoms with Crippen LogP contribution in [0.5, 0.6) is 5.88 Å². The summed E-state index contributed by atoms with van der Waals surface area (Å²) in [5, 5.41) is 8.72. The molecule has 6 rings (SSSR count). The van der Waals surface area contributed by atoms with Gasteiger partial charge in [-0.3, -0.25) is 4.68 Å². The number of anilines is 2. The number of oxazole rings is 1.